The minimum absolute atomic E-state index is 0.187. The van der Waals surface area contributed by atoms with Crippen molar-refractivity contribution in [2.24, 2.45) is 5.41 Å². The Balaban J connectivity index is 3.16. The zero-order valence-corrected chi connectivity index (χ0v) is 9.20. The van der Waals surface area contributed by atoms with Gasteiger partial charge in [0, 0.05) is 0 Å². The first-order chi connectivity index (χ1) is 6.25. The van der Waals surface area contributed by atoms with Gasteiger partial charge in [-0.1, -0.05) is 32.9 Å². The minimum Gasteiger partial charge on any atom is -0.508 e. The van der Waals surface area contributed by atoms with Gasteiger partial charge in [0.05, 0.1) is 5.60 Å². The first-order valence-electron chi connectivity index (χ1n) is 4.77. The Morgan fingerprint density at radius 3 is 2.07 bits per heavy atom. The number of benzene rings is 1. The van der Waals surface area contributed by atoms with Crippen molar-refractivity contribution in [3.05, 3.63) is 29.8 Å². The molecule has 2 nitrogen and oxygen atoms in total. The highest BCUT2D eigenvalue weighted by atomic mass is 16.3. The zero-order chi connectivity index (χ0) is 11.0. The number of aliphatic hydroxyl groups is 1. The molecule has 1 aromatic rings. The van der Waals surface area contributed by atoms with Gasteiger partial charge in [-0.15, -0.1) is 0 Å². The molecule has 0 heterocycles. The maximum Gasteiger partial charge on any atom is 0.115 e. The van der Waals surface area contributed by atoms with Crippen LogP contribution in [0.4, 0.5) is 0 Å². The zero-order valence-electron chi connectivity index (χ0n) is 9.20. The molecule has 0 amide bonds. The van der Waals surface area contributed by atoms with Gasteiger partial charge in [-0.2, -0.15) is 0 Å². The molecule has 0 aliphatic rings. The van der Waals surface area contributed by atoms with E-state index in [4.69, 9.17) is 0 Å². The van der Waals surface area contributed by atoms with Gasteiger partial charge in [-0.05, 0) is 30.0 Å². The average Bonchev–Trinajstić information content (AvgIpc) is 2.02. The lowest BCUT2D eigenvalue weighted by molar-refractivity contribution is -0.0471. The van der Waals surface area contributed by atoms with Crippen LogP contribution in [0.25, 0.3) is 0 Å². The molecule has 1 atom stereocenters. The van der Waals surface area contributed by atoms with Crippen molar-refractivity contribution < 1.29 is 10.2 Å². The standard InChI is InChI=1S/C12H18O2/c1-11(2,3)12(4,14)9-6-5-7-10(13)8-9/h5-8,13-14H,1-4H3. The Labute approximate surface area is 85.2 Å². The Hall–Kier alpha value is -1.02. The van der Waals surface area contributed by atoms with Crippen molar-refractivity contribution in [2.45, 2.75) is 33.3 Å². The number of rotatable bonds is 1. The van der Waals surface area contributed by atoms with Gasteiger partial charge in [-0.3, -0.25) is 0 Å². The van der Waals surface area contributed by atoms with Crippen molar-refractivity contribution in [3.8, 4) is 5.75 Å². The third-order valence-electron chi connectivity index (χ3n) is 2.87. The summed E-state index contributed by atoms with van der Waals surface area (Å²) in [5, 5.41) is 19.7. The minimum atomic E-state index is -0.939. The second kappa shape index (κ2) is 3.28. The molecule has 0 fully saturated rings. The molecule has 14 heavy (non-hydrogen) atoms. The topological polar surface area (TPSA) is 40.5 Å². The number of aromatic hydroxyl groups is 1. The number of phenols is 1. The van der Waals surface area contributed by atoms with Crippen molar-refractivity contribution >= 4 is 0 Å². The van der Waals surface area contributed by atoms with E-state index >= 15 is 0 Å². The molecule has 0 bridgehead atoms. The Kier molecular flexibility index (Phi) is 2.59. The summed E-state index contributed by atoms with van der Waals surface area (Å²) in [5.41, 5.74) is -0.461. The quantitative estimate of drug-likeness (QED) is 0.721. The highest BCUT2D eigenvalue weighted by molar-refractivity contribution is 5.32. The molecule has 0 spiro atoms. The fraction of sp³-hybridized carbons (Fsp3) is 0.500. The molecule has 2 N–H and O–H groups in total. The Bertz CT molecular complexity index is 321. The molecular formula is C12H18O2. The van der Waals surface area contributed by atoms with Crippen LogP contribution in [0, 0.1) is 5.41 Å². The molecule has 0 radical (unpaired) electrons. The van der Waals surface area contributed by atoms with Crippen LogP contribution in [0.5, 0.6) is 5.75 Å². The molecule has 0 saturated carbocycles. The third kappa shape index (κ3) is 1.90. The van der Waals surface area contributed by atoms with Crippen LogP contribution < -0.4 is 0 Å². The summed E-state index contributed by atoms with van der Waals surface area (Å²) in [6.45, 7) is 7.67. The maximum absolute atomic E-state index is 10.3. The van der Waals surface area contributed by atoms with E-state index < -0.39 is 5.60 Å². The maximum atomic E-state index is 10.3. The summed E-state index contributed by atoms with van der Waals surface area (Å²) < 4.78 is 0. The van der Waals surface area contributed by atoms with Gasteiger partial charge >= 0.3 is 0 Å². The van der Waals surface area contributed by atoms with Crippen LogP contribution in [0.2, 0.25) is 0 Å². The fourth-order valence-electron chi connectivity index (χ4n) is 1.24. The van der Waals surface area contributed by atoms with E-state index in [-0.39, 0.29) is 11.2 Å². The van der Waals surface area contributed by atoms with E-state index in [1.54, 1.807) is 25.1 Å². The second-order valence-electron chi connectivity index (χ2n) is 4.87. The van der Waals surface area contributed by atoms with E-state index in [0.717, 1.165) is 5.56 Å². The fourth-order valence-corrected chi connectivity index (χ4v) is 1.24. The van der Waals surface area contributed by atoms with Crippen LogP contribution in [-0.4, -0.2) is 10.2 Å². The van der Waals surface area contributed by atoms with E-state index in [1.807, 2.05) is 26.8 Å². The highest BCUT2D eigenvalue weighted by Gasteiger charge is 2.36. The Morgan fingerprint density at radius 2 is 1.64 bits per heavy atom. The van der Waals surface area contributed by atoms with E-state index in [1.165, 1.54) is 0 Å². The lowest BCUT2D eigenvalue weighted by Gasteiger charge is -2.37. The lowest BCUT2D eigenvalue weighted by atomic mass is 9.73. The molecule has 0 aliphatic carbocycles. The molecule has 78 valence electrons. The monoisotopic (exact) mass is 194 g/mol. The lowest BCUT2D eigenvalue weighted by Crippen LogP contribution is -2.36. The summed E-state index contributed by atoms with van der Waals surface area (Å²) >= 11 is 0. The SMILES string of the molecule is CC(C)(C)C(C)(O)c1cccc(O)c1. The van der Waals surface area contributed by atoms with Crippen LogP contribution >= 0.6 is 0 Å². The summed E-state index contributed by atoms with van der Waals surface area (Å²) in [7, 11) is 0. The average molecular weight is 194 g/mol. The second-order valence-corrected chi connectivity index (χ2v) is 4.87. The summed E-state index contributed by atoms with van der Waals surface area (Å²) in [6, 6.07) is 6.77. The Morgan fingerprint density at radius 1 is 1.07 bits per heavy atom. The first-order valence-corrected chi connectivity index (χ1v) is 4.77. The van der Waals surface area contributed by atoms with Gasteiger partial charge < -0.3 is 10.2 Å². The van der Waals surface area contributed by atoms with Crippen molar-refractivity contribution in [2.75, 3.05) is 0 Å². The number of phenolic OH excluding ortho intramolecular Hbond substituents is 1. The van der Waals surface area contributed by atoms with E-state index in [0.29, 0.717) is 0 Å². The van der Waals surface area contributed by atoms with Gasteiger partial charge in [0.1, 0.15) is 5.75 Å². The predicted molar refractivity (Wildman–Crippen MR) is 57.1 cm³/mol. The number of hydrogen-bond donors (Lipinski definition) is 2. The molecule has 2 heteroatoms. The van der Waals surface area contributed by atoms with Gasteiger partial charge in [0.2, 0.25) is 0 Å². The van der Waals surface area contributed by atoms with Crippen molar-refractivity contribution in [3.63, 3.8) is 0 Å². The van der Waals surface area contributed by atoms with E-state index in [9.17, 15) is 10.2 Å². The smallest absolute Gasteiger partial charge is 0.115 e. The van der Waals surface area contributed by atoms with Gasteiger partial charge in [0.25, 0.3) is 0 Å². The molecular weight excluding hydrogens is 176 g/mol. The third-order valence-corrected chi connectivity index (χ3v) is 2.87. The number of hydrogen-bond acceptors (Lipinski definition) is 2. The van der Waals surface area contributed by atoms with E-state index in [2.05, 4.69) is 0 Å². The highest BCUT2D eigenvalue weighted by Crippen LogP contribution is 2.39. The molecule has 0 aromatic heterocycles. The molecule has 0 saturated heterocycles. The largest absolute Gasteiger partial charge is 0.508 e. The van der Waals surface area contributed by atoms with Crippen LogP contribution in [0.15, 0.2) is 24.3 Å². The molecule has 0 aliphatic heterocycles. The summed E-state index contributed by atoms with van der Waals surface area (Å²) in [4.78, 5) is 0. The van der Waals surface area contributed by atoms with Crippen molar-refractivity contribution in [1.82, 2.24) is 0 Å². The molecule has 1 rings (SSSR count). The van der Waals surface area contributed by atoms with Gasteiger partial charge in [0.15, 0.2) is 0 Å². The molecule has 1 unspecified atom stereocenters. The van der Waals surface area contributed by atoms with Crippen LogP contribution in [0.1, 0.15) is 33.3 Å². The first kappa shape index (κ1) is 11.1. The van der Waals surface area contributed by atoms with Crippen molar-refractivity contribution in [1.29, 1.82) is 0 Å². The summed E-state index contributed by atoms with van der Waals surface area (Å²) in [5.74, 6) is 0.187. The predicted octanol–water partition coefficient (Wildman–Crippen LogP) is 2.65. The normalized spacial score (nSPS) is 16.4. The molecule has 1 aromatic carbocycles. The van der Waals surface area contributed by atoms with Crippen LogP contribution in [-0.2, 0) is 5.60 Å². The van der Waals surface area contributed by atoms with Crippen LogP contribution in [0.3, 0.4) is 0 Å². The van der Waals surface area contributed by atoms with Gasteiger partial charge in [-0.25, -0.2) is 0 Å². The summed E-state index contributed by atoms with van der Waals surface area (Å²) in [6.07, 6.45) is 0.